The minimum absolute atomic E-state index is 0.0885. The van der Waals surface area contributed by atoms with Crippen LogP contribution in [0.4, 0.5) is 21.7 Å². The van der Waals surface area contributed by atoms with Crippen LogP contribution in [0, 0.1) is 12.7 Å². The summed E-state index contributed by atoms with van der Waals surface area (Å²) in [6.45, 7) is 1.80. The SMILES string of the molecule is COc1cnc(C)nc1Nc1n[nH]c2cc([C@@H]3C[C@]34C(=O)Nc3cccc(F)c34)ccc12. The molecule has 6 rings (SSSR count). The number of rotatable bonds is 4. The van der Waals surface area contributed by atoms with E-state index in [-0.39, 0.29) is 17.6 Å². The van der Waals surface area contributed by atoms with E-state index < -0.39 is 5.41 Å². The highest BCUT2D eigenvalue weighted by Gasteiger charge is 2.66. The third kappa shape index (κ3) is 2.54. The number of fused-ring (bicyclic) bond motifs is 3. The maximum absolute atomic E-state index is 14.6. The van der Waals surface area contributed by atoms with Crippen molar-refractivity contribution in [2.75, 3.05) is 17.7 Å². The molecule has 4 aromatic rings. The number of aromatic nitrogens is 4. The predicted molar refractivity (Wildman–Crippen MR) is 117 cm³/mol. The molecule has 0 radical (unpaired) electrons. The van der Waals surface area contributed by atoms with Gasteiger partial charge in [0.1, 0.15) is 11.6 Å². The second kappa shape index (κ2) is 6.49. The van der Waals surface area contributed by atoms with Crippen LogP contribution in [0.25, 0.3) is 10.9 Å². The summed E-state index contributed by atoms with van der Waals surface area (Å²) in [4.78, 5) is 21.3. The maximum atomic E-state index is 14.6. The van der Waals surface area contributed by atoms with Gasteiger partial charge in [0.25, 0.3) is 0 Å². The van der Waals surface area contributed by atoms with E-state index in [1.54, 1.807) is 32.4 Å². The number of nitrogens with zero attached hydrogens (tertiary/aromatic N) is 3. The van der Waals surface area contributed by atoms with Gasteiger partial charge in [-0.05, 0) is 43.2 Å². The number of aryl methyl sites for hydroxylation is 1. The van der Waals surface area contributed by atoms with E-state index in [1.165, 1.54) is 6.07 Å². The summed E-state index contributed by atoms with van der Waals surface area (Å²) < 4.78 is 19.9. The molecule has 0 saturated heterocycles. The molecule has 2 atom stereocenters. The lowest BCUT2D eigenvalue weighted by Gasteiger charge is -2.10. The standard InChI is InChI=1S/C23H19FN6O2/c1-11-25-10-18(32-2)21(26-11)28-20-13-7-6-12(8-17(13)29-30-20)14-9-23(14)19-15(24)4-3-5-16(19)27-22(23)31/h3-8,10,14H,9H2,1-2H3,(H,27,31)(H2,25,26,28,29,30)/t14-,23-/m0/s1. The Hall–Kier alpha value is -4.01. The molecule has 2 aromatic carbocycles. The van der Waals surface area contributed by atoms with Crippen LogP contribution in [0.2, 0.25) is 0 Å². The summed E-state index contributed by atoms with van der Waals surface area (Å²) in [6, 6.07) is 10.7. The minimum atomic E-state index is -0.832. The average molecular weight is 430 g/mol. The molecule has 1 aliphatic heterocycles. The number of nitrogens with one attached hydrogen (secondary N) is 3. The van der Waals surface area contributed by atoms with Gasteiger partial charge in [-0.15, -0.1) is 0 Å². The average Bonchev–Trinajstić information content (AvgIpc) is 3.30. The van der Waals surface area contributed by atoms with Crippen molar-refractivity contribution in [2.45, 2.75) is 24.7 Å². The van der Waals surface area contributed by atoms with Gasteiger partial charge in [-0.2, -0.15) is 5.10 Å². The monoisotopic (exact) mass is 430 g/mol. The first-order valence-electron chi connectivity index (χ1n) is 10.2. The van der Waals surface area contributed by atoms with Crippen LogP contribution in [0.1, 0.15) is 29.3 Å². The molecule has 32 heavy (non-hydrogen) atoms. The van der Waals surface area contributed by atoms with Crippen LogP contribution in [-0.2, 0) is 10.2 Å². The number of ether oxygens (including phenoxy) is 1. The molecular weight excluding hydrogens is 411 g/mol. The van der Waals surface area contributed by atoms with Gasteiger partial charge in [-0.3, -0.25) is 9.89 Å². The van der Waals surface area contributed by atoms with Gasteiger partial charge in [-0.1, -0.05) is 12.1 Å². The lowest BCUT2D eigenvalue weighted by molar-refractivity contribution is -0.118. The first-order chi connectivity index (χ1) is 15.5. The van der Waals surface area contributed by atoms with Gasteiger partial charge in [0.05, 0.1) is 24.2 Å². The van der Waals surface area contributed by atoms with Crippen molar-refractivity contribution in [3.8, 4) is 5.75 Å². The van der Waals surface area contributed by atoms with Crippen molar-refractivity contribution in [3.05, 3.63) is 65.4 Å². The van der Waals surface area contributed by atoms with Crippen molar-refractivity contribution >= 4 is 34.1 Å². The molecule has 1 aliphatic carbocycles. The molecule has 1 amide bonds. The molecule has 3 N–H and O–H groups in total. The van der Waals surface area contributed by atoms with E-state index in [0.717, 1.165) is 16.5 Å². The number of anilines is 3. The zero-order valence-electron chi connectivity index (χ0n) is 17.4. The molecule has 1 fully saturated rings. The molecule has 0 unspecified atom stereocenters. The summed E-state index contributed by atoms with van der Waals surface area (Å²) in [6.07, 6.45) is 2.18. The number of aromatic amines is 1. The Morgan fingerprint density at radius 2 is 2.12 bits per heavy atom. The van der Waals surface area contributed by atoms with Crippen molar-refractivity contribution in [1.29, 1.82) is 0 Å². The number of carbonyl (C=O) groups is 1. The summed E-state index contributed by atoms with van der Waals surface area (Å²) in [7, 11) is 1.56. The lowest BCUT2D eigenvalue weighted by atomic mass is 9.91. The van der Waals surface area contributed by atoms with Gasteiger partial charge in [0.15, 0.2) is 17.4 Å². The van der Waals surface area contributed by atoms with E-state index in [0.29, 0.717) is 40.9 Å². The highest BCUT2D eigenvalue weighted by molar-refractivity contribution is 6.10. The lowest BCUT2D eigenvalue weighted by Crippen LogP contribution is -2.21. The topological polar surface area (TPSA) is 105 Å². The minimum Gasteiger partial charge on any atom is -0.491 e. The fourth-order valence-electron chi connectivity index (χ4n) is 4.78. The molecule has 0 bridgehead atoms. The Kier molecular flexibility index (Phi) is 3.80. The molecule has 9 heteroatoms. The Bertz CT molecular complexity index is 1420. The van der Waals surface area contributed by atoms with Crippen LogP contribution in [0.5, 0.6) is 5.75 Å². The van der Waals surface area contributed by atoms with Crippen molar-refractivity contribution < 1.29 is 13.9 Å². The number of hydrogen-bond donors (Lipinski definition) is 3. The first-order valence-corrected chi connectivity index (χ1v) is 10.2. The van der Waals surface area contributed by atoms with Crippen LogP contribution in [-0.4, -0.2) is 33.2 Å². The third-order valence-electron chi connectivity index (χ3n) is 6.40. The molecule has 8 nitrogen and oxygen atoms in total. The van der Waals surface area contributed by atoms with Gasteiger partial charge < -0.3 is 15.4 Å². The highest BCUT2D eigenvalue weighted by atomic mass is 19.1. The maximum Gasteiger partial charge on any atom is 0.235 e. The van der Waals surface area contributed by atoms with Crippen molar-refractivity contribution in [3.63, 3.8) is 0 Å². The number of hydrogen-bond acceptors (Lipinski definition) is 6. The van der Waals surface area contributed by atoms with Gasteiger partial charge in [0, 0.05) is 22.6 Å². The normalized spacial score (nSPS) is 21.0. The Morgan fingerprint density at radius 1 is 1.25 bits per heavy atom. The van der Waals surface area contributed by atoms with Crippen molar-refractivity contribution in [1.82, 2.24) is 20.2 Å². The molecule has 1 spiro atoms. The largest absolute Gasteiger partial charge is 0.491 e. The van der Waals surface area contributed by atoms with Crippen LogP contribution in [0.3, 0.4) is 0 Å². The highest BCUT2D eigenvalue weighted by Crippen LogP contribution is 2.65. The number of carbonyl (C=O) groups excluding carboxylic acids is 1. The van der Waals surface area contributed by atoms with E-state index >= 15 is 0 Å². The van der Waals surface area contributed by atoms with Crippen molar-refractivity contribution in [2.24, 2.45) is 0 Å². The third-order valence-corrected chi connectivity index (χ3v) is 6.40. The summed E-state index contributed by atoms with van der Waals surface area (Å²) in [5, 5.41) is 14.3. The molecule has 2 aromatic heterocycles. The van der Waals surface area contributed by atoms with E-state index in [1.807, 2.05) is 18.2 Å². The molecule has 3 heterocycles. The predicted octanol–water partition coefficient (Wildman–Crippen LogP) is 3.93. The quantitative estimate of drug-likeness (QED) is 0.453. The summed E-state index contributed by atoms with van der Waals surface area (Å²) in [5.41, 5.74) is 1.99. The smallest absolute Gasteiger partial charge is 0.235 e. The molecule has 1 saturated carbocycles. The zero-order valence-corrected chi connectivity index (χ0v) is 17.4. The van der Waals surface area contributed by atoms with Crippen LogP contribution >= 0.6 is 0 Å². The van der Waals surface area contributed by atoms with Gasteiger partial charge in [-0.25, -0.2) is 14.4 Å². The number of methoxy groups -OCH3 is 1. The van der Waals surface area contributed by atoms with E-state index in [9.17, 15) is 9.18 Å². The number of H-pyrrole nitrogens is 1. The number of benzene rings is 2. The Labute approximate surface area is 182 Å². The second-order valence-corrected chi connectivity index (χ2v) is 8.18. The Balaban J connectivity index is 1.34. The Morgan fingerprint density at radius 3 is 2.97 bits per heavy atom. The fraction of sp³-hybridized carbons (Fsp3) is 0.217. The van der Waals surface area contributed by atoms with E-state index in [2.05, 4.69) is 30.8 Å². The van der Waals surface area contributed by atoms with Gasteiger partial charge >= 0.3 is 0 Å². The number of amides is 1. The van der Waals surface area contributed by atoms with Crippen LogP contribution in [0.15, 0.2) is 42.6 Å². The fourth-order valence-corrected chi connectivity index (χ4v) is 4.78. The van der Waals surface area contributed by atoms with Gasteiger partial charge in [0.2, 0.25) is 5.91 Å². The summed E-state index contributed by atoms with van der Waals surface area (Å²) >= 11 is 0. The summed E-state index contributed by atoms with van der Waals surface area (Å²) in [5.74, 6) is 1.67. The molecule has 160 valence electrons. The van der Waals surface area contributed by atoms with E-state index in [4.69, 9.17) is 4.74 Å². The number of halogens is 1. The molecule has 2 aliphatic rings. The van der Waals surface area contributed by atoms with Crippen LogP contribution < -0.4 is 15.4 Å². The second-order valence-electron chi connectivity index (χ2n) is 8.18. The molecular formula is C23H19FN6O2. The zero-order chi connectivity index (χ0) is 22.0. The first kappa shape index (κ1) is 18.7.